The second-order valence-electron chi connectivity index (χ2n) is 5.73. The topological polar surface area (TPSA) is 26.0 Å². The number of rotatable bonds is 15. The van der Waals surface area contributed by atoms with Crippen molar-refractivity contribution in [2.75, 3.05) is 6.54 Å². The van der Waals surface area contributed by atoms with Gasteiger partial charge in [0.15, 0.2) is 0 Å². The summed E-state index contributed by atoms with van der Waals surface area (Å²) in [5.41, 5.74) is 5.47. The van der Waals surface area contributed by atoms with Crippen molar-refractivity contribution in [2.24, 2.45) is 5.73 Å². The quantitative estimate of drug-likeness (QED) is 0.224. The van der Waals surface area contributed by atoms with E-state index in [4.69, 9.17) is 5.73 Å². The molecule has 0 amide bonds. The van der Waals surface area contributed by atoms with Crippen molar-refractivity contribution < 1.29 is 17.1 Å². The molecule has 0 rings (SSSR count). The summed E-state index contributed by atoms with van der Waals surface area (Å²) in [4.78, 5) is 0. The molecule has 0 aliphatic carbocycles. The fraction of sp³-hybridized carbons (Fsp3) is 0.889. The van der Waals surface area contributed by atoms with Crippen LogP contribution < -0.4 is 5.73 Å². The predicted octanol–water partition coefficient (Wildman–Crippen LogP) is 5.98. The normalized spacial score (nSPS) is 10.9. The minimum atomic E-state index is 0. The summed E-state index contributed by atoms with van der Waals surface area (Å²) < 4.78 is 0. The molecule has 0 fully saturated rings. The Morgan fingerprint density at radius 1 is 0.600 bits per heavy atom. The molecule has 0 aliphatic rings. The molecule has 0 aromatic carbocycles. The van der Waals surface area contributed by atoms with Crippen LogP contribution >= 0.6 is 0 Å². The third-order valence-electron chi connectivity index (χ3n) is 3.72. The average Bonchev–Trinajstić information content (AvgIpc) is 2.43. The van der Waals surface area contributed by atoms with Crippen LogP contribution in [0.15, 0.2) is 12.2 Å². The van der Waals surface area contributed by atoms with E-state index in [9.17, 15) is 0 Å². The first kappa shape index (κ1) is 22.5. The maximum absolute atomic E-state index is 5.47. The molecule has 0 bridgehead atoms. The second-order valence-corrected chi connectivity index (χ2v) is 5.73. The Hall–Kier alpha value is 0.219. The van der Waals surface area contributed by atoms with Gasteiger partial charge in [0.2, 0.25) is 0 Å². The molecular formula is C18H37FeN. The van der Waals surface area contributed by atoms with Gasteiger partial charge in [-0.2, -0.15) is 0 Å². The molecular weight excluding hydrogens is 286 g/mol. The van der Waals surface area contributed by atoms with Gasteiger partial charge in [0.05, 0.1) is 0 Å². The summed E-state index contributed by atoms with van der Waals surface area (Å²) in [5, 5.41) is 0. The van der Waals surface area contributed by atoms with Crippen molar-refractivity contribution in [2.45, 2.75) is 96.8 Å². The van der Waals surface area contributed by atoms with Gasteiger partial charge in [0.1, 0.15) is 0 Å². The molecule has 0 aromatic rings. The number of allylic oxidation sites excluding steroid dienone is 2. The zero-order chi connectivity index (χ0) is 14.0. The van der Waals surface area contributed by atoms with E-state index in [1.807, 2.05) is 0 Å². The molecule has 0 saturated carbocycles. The third-order valence-corrected chi connectivity index (χ3v) is 3.72. The van der Waals surface area contributed by atoms with E-state index in [1.165, 1.54) is 89.9 Å². The van der Waals surface area contributed by atoms with E-state index >= 15 is 0 Å². The van der Waals surface area contributed by atoms with Crippen LogP contribution in [-0.4, -0.2) is 6.54 Å². The fourth-order valence-corrected chi connectivity index (χ4v) is 2.39. The van der Waals surface area contributed by atoms with Crippen molar-refractivity contribution in [3.63, 3.8) is 0 Å². The summed E-state index contributed by atoms with van der Waals surface area (Å²) >= 11 is 0. The van der Waals surface area contributed by atoms with Gasteiger partial charge in [-0.1, -0.05) is 76.9 Å². The smallest absolute Gasteiger partial charge is 0 e. The van der Waals surface area contributed by atoms with Gasteiger partial charge in [0.25, 0.3) is 0 Å². The van der Waals surface area contributed by atoms with Gasteiger partial charge in [-0.25, -0.2) is 0 Å². The minimum absolute atomic E-state index is 0. The number of unbranched alkanes of at least 4 members (excludes halogenated alkanes) is 12. The Kier molecular flexibility index (Phi) is 24.2. The Morgan fingerprint density at radius 3 is 1.45 bits per heavy atom. The molecule has 0 unspecified atom stereocenters. The molecule has 0 atom stereocenters. The largest absolute Gasteiger partial charge is 0.330 e. The van der Waals surface area contributed by atoms with Crippen LogP contribution in [0.3, 0.4) is 0 Å². The molecule has 0 heterocycles. The fourth-order valence-electron chi connectivity index (χ4n) is 2.39. The van der Waals surface area contributed by atoms with E-state index in [0.717, 1.165) is 6.54 Å². The Balaban J connectivity index is 0. The third kappa shape index (κ3) is 20.5. The van der Waals surface area contributed by atoms with Crippen LogP contribution in [-0.2, 0) is 17.1 Å². The van der Waals surface area contributed by atoms with Crippen LogP contribution in [0.4, 0.5) is 0 Å². The Labute approximate surface area is 138 Å². The van der Waals surface area contributed by atoms with Crippen LogP contribution in [0, 0.1) is 0 Å². The number of hydrogen-bond donors (Lipinski definition) is 1. The minimum Gasteiger partial charge on any atom is -0.330 e. The van der Waals surface area contributed by atoms with Gasteiger partial charge in [-0.3, -0.25) is 0 Å². The number of hydrogen-bond acceptors (Lipinski definition) is 1. The standard InChI is InChI=1S/C18H37N.Fe/c1-2-3-4-5-6-7-8-9-10-11-12-13-14-15-16-17-18-19;/h9-10H,2-8,11-19H2,1H3;/b10-9-;. The molecule has 0 spiro atoms. The van der Waals surface area contributed by atoms with Gasteiger partial charge in [-0.05, 0) is 38.6 Å². The molecule has 122 valence electrons. The van der Waals surface area contributed by atoms with E-state index < -0.39 is 0 Å². The van der Waals surface area contributed by atoms with Gasteiger partial charge >= 0.3 is 0 Å². The first-order valence-corrected chi connectivity index (χ1v) is 8.77. The van der Waals surface area contributed by atoms with Crippen molar-refractivity contribution >= 4 is 0 Å². The molecule has 0 radical (unpaired) electrons. The van der Waals surface area contributed by atoms with Crippen molar-refractivity contribution in [3.05, 3.63) is 12.2 Å². The summed E-state index contributed by atoms with van der Waals surface area (Å²) in [6, 6.07) is 0. The summed E-state index contributed by atoms with van der Waals surface area (Å²) in [6.45, 7) is 3.14. The predicted molar refractivity (Wildman–Crippen MR) is 88.5 cm³/mol. The van der Waals surface area contributed by atoms with Crippen LogP contribution in [0.25, 0.3) is 0 Å². The van der Waals surface area contributed by atoms with Gasteiger partial charge in [0, 0.05) is 17.1 Å². The van der Waals surface area contributed by atoms with E-state index in [-0.39, 0.29) is 17.1 Å². The van der Waals surface area contributed by atoms with Crippen LogP contribution in [0.2, 0.25) is 0 Å². The molecule has 0 saturated heterocycles. The summed E-state index contributed by atoms with van der Waals surface area (Å²) in [5.74, 6) is 0. The molecule has 0 aromatic heterocycles. The van der Waals surface area contributed by atoms with Crippen molar-refractivity contribution in [1.82, 2.24) is 0 Å². The SMILES string of the molecule is CCCCCCCC/C=C\CCCCCCCCN.[Fe]. The zero-order valence-electron chi connectivity index (χ0n) is 13.7. The Bertz CT molecular complexity index is 180. The Morgan fingerprint density at radius 2 is 1.00 bits per heavy atom. The summed E-state index contributed by atoms with van der Waals surface area (Å²) in [6.07, 6.45) is 23.9. The maximum atomic E-state index is 5.47. The van der Waals surface area contributed by atoms with Crippen LogP contribution in [0.5, 0.6) is 0 Å². The van der Waals surface area contributed by atoms with Gasteiger partial charge < -0.3 is 5.73 Å². The van der Waals surface area contributed by atoms with E-state index in [0.29, 0.717) is 0 Å². The van der Waals surface area contributed by atoms with E-state index in [1.54, 1.807) is 0 Å². The molecule has 2 N–H and O–H groups in total. The zero-order valence-corrected chi connectivity index (χ0v) is 14.8. The van der Waals surface area contributed by atoms with Crippen molar-refractivity contribution in [3.8, 4) is 0 Å². The molecule has 1 nitrogen and oxygen atoms in total. The van der Waals surface area contributed by atoms with Crippen LogP contribution in [0.1, 0.15) is 96.8 Å². The monoisotopic (exact) mass is 323 g/mol. The average molecular weight is 323 g/mol. The van der Waals surface area contributed by atoms with Gasteiger partial charge in [-0.15, -0.1) is 0 Å². The molecule has 20 heavy (non-hydrogen) atoms. The molecule has 2 heteroatoms. The first-order chi connectivity index (χ1) is 9.41. The molecule has 0 aliphatic heterocycles. The number of nitrogens with two attached hydrogens (primary N) is 1. The van der Waals surface area contributed by atoms with E-state index in [2.05, 4.69) is 19.1 Å². The summed E-state index contributed by atoms with van der Waals surface area (Å²) in [7, 11) is 0. The van der Waals surface area contributed by atoms with Crippen molar-refractivity contribution in [1.29, 1.82) is 0 Å². The first-order valence-electron chi connectivity index (χ1n) is 8.77. The second kappa shape index (κ2) is 21.5. The maximum Gasteiger partial charge on any atom is 0 e.